The molecule has 0 saturated carbocycles. The zero-order valence-corrected chi connectivity index (χ0v) is 15.7. The lowest BCUT2D eigenvalue weighted by Gasteiger charge is -2.05. The molecule has 2 aromatic heterocycles. The van der Waals surface area contributed by atoms with E-state index in [2.05, 4.69) is 10.1 Å². The van der Waals surface area contributed by atoms with Gasteiger partial charge in [0.05, 0.1) is 5.56 Å². The Morgan fingerprint density at radius 2 is 1.59 bits per heavy atom. The summed E-state index contributed by atoms with van der Waals surface area (Å²) >= 11 is 11.8. The van der Waals surface area contributed by atoms with E-state index in [0.29, 0.717) is 21.4 Å². The van der Waals surface area contributed by atoms with Gasteiger partial charge in [-0.15, -0.1) is 0 Å². The minimum absolute atomic E-state index is 0.0406. The molecule has 0 aliphatic rings. The van der Waals surface area contributed by atoms with Gasteiger partial charge in [0.1, 0.15) is 5.75 Å². The van der Waals surface area contributed by atoms with Crippen LogP contribution in [0.3, 0.4) is 0 Å². The highest BCUT2D eigenvalue weighted by Gasteiger charge is 2.30. The number of benzene rings is 2. The predicted octanol–water partition coefficient (Wildman–Crippen LogP) is 7.11. The van der Waals surface area contributed by atoms with E-state index in [-0.39, 0.29) is 23.4 Å². The van der Waals surface area contributed by atoms with E-state index in [0.717, 1.165) is 12.1 Å². The van der Waals surface area contributed by atoms with Crippen LogP contribution in [-0.4, -0.2) is 10.1 Å². The topological polar surface area (TPSA) is 61.3 Å². The highest BCUT2D eigenvalue weighted by atomic mass is 35.5. The average Bonchev–Trinajstić information content (AvgIpc) is 3.29. The summed E-state index contributed by atoms with van der Waals surface area (Å²) in [4.78, 5) is 4.14. The Hall–Kier alpha value is -2.97. The average molecular weight is 441 g/mol. The van der Waals surface area contributed by atoms with Crippen LogP contribution in [0.25, 0.3) is 23.0 Å². The fourth-order valence-corrected chi connectivity index (χ4v) is 2.95. The number of hydrogen-bond donors (Lipinski definition) is 0. The van der Waals surface area contributed by atoms with Crippen molar-refractivity contribution in [2.24, 2.45) is 0 Å². The molecular weight excluding hydrogens is 432 g/mol. The molecule has 0 unspecified atom stereocenters. The lowest BCUT2D eigenvalue weighted by molar-refractivity contribution is -0.137. The number of halogens is 5. The molecule has 0 saturated heterocycles. The minimum atomic E-state index is -4.42. The van der Waals surface area contributed by atoms with Gasteiger partial charge in [0.2, 0.25) is 5.82 Å². The molecule has 0 bridgehead atoms. The summed E-state index contributed by atoms with van der Waals surface area (Å²) in [6.07, 6.45) is -4.42. The summed E-state index contributed by atoms with van der Waals surface area (Å²) in [7, 11) is 0. The van der Waals surface area contributed by atoms with Crippen LogP contribution in [0.15, 0.2) is 63.5 Å². The minimum Gasteiger partial charge on any atom is -0.426 e. The van der Waals surface area contributed by atoms with E-state index in [1.165, 1.54) is 18.2 Å². The van der Waals surface area contributed by atoms with Crippen molar-refractivity contribution < 1.29 is 26.8 Å². The Morgan fingerprint density at radius 1 is 0.897 bits per heavy atom. The van der Waals surface area contributed by atoms with Crippen molar-refractivity contribution >= 4 is 23.2 Å². The molecule has 0 aliphatic heterocycles. The summed E-state index contributed by atoms with van der Waals surface area (Å²) in [5.41, 5.74) is -0.400. The second kappa shape index (κ2) is 7.46. The molecule has 29 heavy (non-hydrogen) atoms. The maximum absolute atomic E-state index is 12.7. The molecule has 0 radical (unpaired) electrons. The molecule has 0 atom stereocenters. The second-order valence-electron chi connectivity index (χ2n) is 5.82. The Balaban J connectivity index is 1.53. The molecule has 0 N–H and O–H groups in total. The fourth-order valence-electron chi connectivity index (χ4n) is 2.44. The number of aromatic nitrogens is 2. The van der Waals surface area contributed by atoms with Crippen LogP contribution >= 0.6 is 23.2 Å². The van der Waals surface area contributed by atoms with E-state index in [9.17, 15) is 13.2 Å². The van der Waals surface area contributed by atoms with E-state index in [1.807, 2.05) is 0 Å². The van der Waals surface area contributed by atoms with Gasteiger partial charge in [0.25, 0.3) is 11.8 Å². The molecule has 2 aromatic carbocycles. The normalized spacial score (nSPS) is 11.6. The molecule has 5 nitrogen and oxygen atoms in total. The van der Waals surface area contributed by atoms with Crippen molar-refractivity contribution in [1.82, 2.24) is 10.1 Å². The van der Waals surface area contributed by atoms with E-state index < -0.39 is 11.7 Å². The SMILES string of the molecule is FC(F)(F)c1ccc(-c2noc(-c3ccc(Oc4cc(Cl)cc(Cl)c4)o3)n2)cc1. The van der Waals surface area contributed by atoms with E-state index in [1.54, 1.807) is 24.3 Å². The third-order valence-electron chi connectivity index (χ3n) is 3.74. The predicted molar refractivity (Wildman–Crippen MR) is 99.0 cm³/mol. The van der Waals surface area contributed by atoms with Gasteiger partial charge in [-0.2, -0.15) is 18.2 Å². The number of hydrogen-bond acceptors (Lipinski definition) is 5. The molecule has 4 aromatic rings. The summed E-state index contributed by atoms with van der Waals surface area (Å²) < 4.78 is 54.2. The first-order valence-electron chi connectivity index (χ1n) is 8.03. The molecule has 0 amide bonds. The van der Waals surface area contributed by atoms with Gasteiger partial charge in [-0.3, -0.25) is 0 Å². The first-order valence-corrected chi connectivity index (χ1v) is 8.79. The number of ether oxygens (including phenoxy) is 1. The van der Waals surface area contributed by atoms with Crippen LogP contribution in [-0.2, 0) is 6.18 Å². The van der Waals surface area contributed by atoms with Crippen molar-refractivity contribution in [2.45, 2.75) is 6.18 Å². The third-order valence-corrected chi connectivity index (χ3v) is 4.18. The Morgan fingerprint density at radius 3 is 2.24 bits per heavy atom. The van der Waals surface area contributed by atoms with Crippen LogP contribution in [0.4, 0.5) is 13.2 Å². The van der Waals surface area contributed by atoms with E-state index in [4.69, 9.17) is 36.9 Å². The largest absolute Gasteiger partial charge is 0.426 e. The molecule has 0 spiro atoms. The standard InChI is InChI=1S/C19H9Cl2F3N2O3/c20-12-7-13(21)9-14(8-12)27-16-6-5-15(28-16)18-25-17(26-29-18)10-1-3-11(4-2-10)19(22,23)24/h1-9H. The Labute approximate surface area is 171 Å². The molecular formula is C19H9Cl2F3N2O3. The first kappa shape index (κ1) is 19.4. The Bertz CT molecular complexity index is 1130. The van der Waals surface area contributed by atoms with Crippen molar-refractivity contribution in [3.8, 4) is 34.7 Å². The van der Waals surface area contributed by atoms with Crippen molar-refractivity contribution in [1.29, 1.82) is 0 Å². The quantitative estimate of drug-likeness (QED) is 0.338. The molecule has 10 heteroatoms. The van der Waals surface area contributed by atoms with Gasteiger partial charge in [-0.25, -0.2) is 0 Å². The van der Waals surface area contributed by atoms with Gasteiger partial charge in [0, 0.05) is 21.7 Å². The summed E-state index contributed by atoms with van der Waals surface area (Å²) in [5, 5.41) is 4.57. The van der Waals surface area contributed by atoms with Gasteiger partial charge >= 0.3 is 6.18 Å². The maximum Gasteiger partial charge on any atom is 0.416 e. The van der Waals surface area contributed by atoms with Crippen LogP contribution in [0.5, 0.6) is 11.7 Å². The zero-order chi connectivity index (χ0) is 20.6. The van der Waals surface area contributed by atoms with Crippen LogP contribution in [0, 0.1) is 0 Å². The monoisotopic (exact) mass is 440 g/mol. The van der Waals surface area contributed by atoms with Crippen molar-refractivity contribution in [3.05, 3.63) is 70.2 Å². The Kier molecular flexibility index (Phi) is 4.97. The van der Waals surface area contributed by atoms with Crippen molar-refractivity contribution in [2.75, 3.05) is 0 Å². The van der Waals surface area contributed by atoms with E-state index >= 15 is 0 Å². The van der Waals surface area contributed by atoms with Gasteiger partial charge in [0.15, 0.2) is 5.76 Å². The van der Waals surface area contributed by atoms with Crippen LogP contribution < -0.4 is 4.74 Å². The number of alkyl halides is 3. The molecule has 4 rings (SSSR count). The van der Waals surface area contributed by atoms with Gasteiger partial charge in [-0.05, 0) is 36.4 Å². The highest BCUT2D eigenvalue weighted by Crippen LogP contribution is 2.33. The second-order valence-corrected chi connectivity index (χ2v) is 6.70. The van der Waals surface area contributed by atoms with Crippen LogP contribution in [0.2, 0.25) is 10.0 Å². The maximum atomic E-state index is 12.7. The number of nitrogens with zero attached hydrogens (tertiary/aromatic N) is 2. The highest BCUT2D eigenvalue weighted by molar-refractivity contribution is 6.34. The summed E-state index contributed by atoms with van der Waals surface area (Å²) in [6.45, 7) is 0. The third kappa shape index (κ3) is 4.38. The van der Waals surface area contributed by atoms with Gasteiger partial charge in [-0.1, -0.05) is 40.5 Å². The van der Waals surface area contributed by atoms with Gasteiger partial charge < -0.3 is 13.7 Å². The smallest absolute Gasteiger partial charge is 0.416 e. The number of furan rings is 1. The molecule has 0 aliphatic carbocycles. The lowest BCUT2D eigenvalue weighted by Crippen LogP contribution is -2.04. The van der Waals surface area contributed by atoms with Crippen molar-refractivity contribution in [3.63, 3.8) is 0 Å². The fraction of sp³-hybridized carbons (Fsp3) is 0.0526. The molecule has 148 valence electrons. The molecule has 0 fully saturated rings. The summed E-state index contributed by atoms with van der Waals surface area (Å²) in [5.74, 6) is 0.888. The summed E-state index contributed by atoms with van der Waals surface area (Å²) in [6, 6.07) is 12.2. The zero-order valence-electron chi connectivity index (χ0n) is 14.2. The molecule has 2 heterocycles. The first-order chi connectivity index (χ1) is 13.8. The lowest BCUT2D eigenvalue weighted by atomic mass is 10.1. The van der Waals surface area contributed by atoms with Crippen LogP contribution in [0.1, 0.15) is 5.56 Å². The number of rotatable bonds is 4.